The van der Waals surface area contributed by atoms with Crippen molar-refractivity contribution in [3.8, 4) is 11.4 Å². The Kier molecular flexibility index (Phi) is 3.58. The third-order valence-electron chi connectivity index (χ3n) is 3.25. The Labute approximate surface area is 116 Å². The summed E-state index contributed by atoms with van der Waals surface area (Å²) in [5.74, 6) is 0.667. The molecular weight excluding hydrogens is 258 g/mol. The maximum Gasteiger partial charge on any atom is 0.260 e. The van der Waals surface area contributed by atoms with E-state index in [4.69, 9.17) is 4.74 Å². The first-order valence-corrected chi connectivity index (χ1v) is 6.57. The van der Waals surface area contributed by atoms with Crippen LogP contribution in [-0.2, 0) is 4.79 Å². The van der Waals surface area contributed by atoms with E-state index in [-0.39, 0.29) is 12.5 Å². The van der Waals surface area contributed by atoms with Gasteiger partial charge in [-0.1, -0.05) is 6.07 Å². The molecule has 0 bridgehead atoms. The minimum atomic E-state index is 0.0373. The topological polar surface area (TPSA) is 73.1 Å². The van der Waals surface area contributed by atoms with E-state index in [2.05, 4.69) is 15.5 Å². The number of amides is 1. The summed E-state index contributed by atoms with van der Waals surface area (Å²) in [4.78, 5) is 13.7. The number of nitrogens with zero attached hydrogens (tertiary/aromatic N) is 5. The minimum absolute atomic E-state index is 0.0373. The summed E-state index contributed by atoms with van der Waals surface area (Å²) in [6.07, 6.45) is 3.68. The Morgan fingerprint density at radius 1 is 1.30 bits per heavy atom. The number of rotatable bonds is 4. The summed E-state index contributed by atoms with van der Waals surface area (Å²) < 4.78 is 7.08. The summed E-state index contributed by atoms with van der Waals surface area (Å²) in [6, 6.07) is 7.32. The number of carbonyl (C=O) groups is 1. The van der Waals surface area contributed by atoms with Crippen LogP contribution < -0.4 is 4.74 Å². The molecule has 0 atom stereocenters. The summed E-state index contributed by atoms with van der Waals surface area (Å²) in [7, 11) is 0. The van der Waals surface area contributed by atoms with Crippen LogP contribution in [0.25, 0.3) is 5.69 Å². The normalized spacial score (nSPS) is 14.5. The number of carbonyl (C=O) groups excluding carboxylic acids is 1. The molecule has 2 aromatic rings. The molecule has 1 aromatic heterocycles. The number of ether oxygens (including phenoxy) is 1. The maximum atomic E-state index is 11.9. The van der Waals surface area contributed by atoms with Gasteiger partial charge in [-0.15, -0.1) is 5.10 Å². The van der Waals surface area contributed by atoms with Gasteiger partial charge in [0.1, 0.15) is 12.1 Å². The highest BCUT2D eigenvalue weighted by Gasteiger charge is 2.18. The van der Waals surface area contributed by atoms with Gasteiger partial charge in [0.05, 0.1) is 5.69 Å². The zero-order valence-corrected chi connectivity index (χ0v) is 11.0. The van der Waals surface area contributed by atoms with Crippen molar-refractivity contribution in [2.75, 3.05) is 19.7 Å². The smallest absolute Gasteiger partial charge is 0.260 e. The number of tetrazole rings is 1. The van der Waals surface area contributed by atoms with Crippen molar-refractivity contribution in [3.05, 3.63) is 30.6 Å². The van der Waals surface area contributed by atoms with Gasteiger partial charge in [0.15, 0.2) is 6.61 Å². The molecule has 1 saturated heterocycles. The quantitative estimate of drug-likeness (QED) is 0.818. The van der Waals surface area contributed by atoms with Crippen LogP contribution in [0.4, 0.5) is 0 Å². The van der Waals surface area contributed by atoms with Crippen LogP contribution in [0.1, 0.15) is 12.8 Å². The average molecular weight is 273 g/mol. The third kappa shape index (κ3) is 2.76. The van der Waals surface area contributed by atoms with Gasteiger partial charge in [-0.2, -0.15) is 0 Å². The molecule has 7 heteroatoms. The Hall–Kier alpha value is -2.44. The van der Waals surface area contributed by atoms with Gasteiger partial charge in [0.25, 0.3) is 5.91 Å². The molecule has 2 heterocycles. The largest absolute Gasteiger partial charge is 0.484 e. The lowest BCUT2D eigenvalue weighted by atomic mass is 10.3. The van der Waals surface area contributed by atoms with Crippen molar-refractivity contribution in [1.82, 2.24) is 25.1 Å². The highest BCUT2D eigenvalue weighted by Crippen LogP contribution is 2.16. The predicted octanol–water partition coefficient (Wildman–Crippen LogP) is 0.663. The summed E-state index contributed by atoms with van der Waals surface area (Å²) >= 11 is 0. The van der Waals surface area contributed by atoms with Crippen molar-refractivity contribution >= 4 is 5.91 Å². The molecule has 104 valence electrons. The first kappa shape index (κ1) is 12.6. The molecule has 0 N–H and O–H groups in total. The average Bonchev–Trinajstić information content (AvgIpc) is 3.17. The molecule has 0 spiro atoms. The Bertz CT molecular complexity index is 578. The van der Waals surface area contributed by atoms with Gasteiger partial charge in [0.2, 0.25) is 0 Å². The van der Waals surface area contributed by atoms with Gasteiger partial charge < -0.3 is 9.64 Å². The van der Waals surface area contributed by atoms with Crippen LogP contribution >= 0.6 is 0 Å². The van der Waals surface area contributed by atoms with Gasteiger partial charge in [0, 0.05) is 19.2 Å². The lowest BCUT2D eigenvalue weighted by Gasteiger charge is -2.15. The second-order valence-electron chi connectivity index (χ2n) is 4.63. The molecule has 7 nitrogen and oxygen atoms in total. The Balaban J connectivity index is 1.63. The van der Waals surface area contributed by atoms with E-state index >= 15 is 0 Å². The lowest BCUT2D eigenvalue weighted by molar-refractivity contribution is -0.132. The molecular formula is C13H15N5O2. The standard InChI is InChI=1S/C13H15N5O2/c19-13(17-6-1-2-7-17)9-20-12-5-3-4-11(8-12)18-10-14-15-16-18/h3-5,8,10H,1-2,6-7,9H2. The fourth-order valence-corrected chi connectivity index (χ4v) is 2.20. The molecule has 3 rings (SSSR count). The molecule has 1 aromatic carbocycles. The molecule has 0 saturated carbocycles. The fraction of sp³-hybridized carbons (Fsp3) is 0.385. The highest BCUT2D eigenvalue weighted by atomic mass is 16.5. The fourth-order valence-electron chi connectivity index (χ4n) is 2.20. The van der Waals surface area contributed by atoms with Crippen molar-refractivity contribution < 1.29 is 9.53 Å². The van der Waals surface area contributed by atoms with Crippen LogP contribution in [0.2, 0.25) is 0 Å². The van der Waals surface area contributed by atoms with Gasteiger partial charge in [-0.25, -0.2) is 4.68 Å². The summed E-state index contributed by atoms with van der Waals surface area (Å²) in [6.45, 7) is 1.75. The zero-order chi connectivity index (χ0) is 13.8. The highest BCUT2D eigenvalue weighted by molar-refractivity contribution is 5.78. The lowest BCUT2D eigenvalue weighted by Crippen LogP contribution is -2.32. The minimum Gasteiger partial charge on any atom is -0.484 e. The van der Waals surface area contributed by atoms with E-state index in [1.165, 1.54) is 11.0 Å². The number of hydrogen-bond donors (Lipinski definition) is 0. The van der Waals surface area contributed by atoms with Crippen LogP contribution in [0.15, 0.2) is 30.6 Å². The first-order chi connectivity index (χ1) is 9.83. The van der Waals surface area contributed by atoms with E-state index in [9.17, 15) is 4.79 Å². The van der Waals surface area contributed by atoms with Crippen molar-refractivity contribution in [1.29, 1.82) is 0 Å². The second-order valence-corrected chi connectivity index (χ2v) is 4.63. The zero-order valence-electron chi connectivity index (χ0n) is 11.0. The number of benzene rings is 1. The van der Waals surface area contributed by atoms with E-state index < -0.39 is 0 Å². The second kappa shape index (κ2) is 5.68. The van der Waals surface area contributed by atoms with Crippen molar-refractivity contribution in [2.24, 2.45) is 0 Å². The maximum absolute atomic E-state index is 11.9. The van der Waals surface area contributed by atoms with Gasteiger partial charge >= 0.3 is 0 Å². The number of hydrogen-bond acceptors (Lipinski definition) is 5. The molecule has 1 amide bonds. The Morgan fingerprint density at radius 3 is 2.90 bits per heavy atom. The summed E-state index contributed by atoms with van der Waals surface area (Å²) in [5, 5.41) is 11.0. The molecule has 1 aliphatic heterocycles. The molecule has 1 fully saturated rings. The number of likely N-dealkylation sites (tertiary alicyclic amines) is 1. The van der Waals surface area contributed by atoms with Crippen LogP contribution in [0.5, 0.6) is 5.75 Å². The van der Waals surface area contributed by atoms with E-state index in [1.807, 2.05) is 23.1 Å². The summed E-state index contributed by atoms with van der Waals surface area (Å²) in [5.41, 5.74) is 0.793. The third-order valence-corrected chi connectivity index (χ3v) is 3.25. The molecule has 0 unspecified atom stereocenters. The van der Waals surface area contributed by atoms with Crippen molar-refractivity contribution in [3.63, 3.8) is 0 Å². The Morgan fingerprint density at radius 2 is 2.15 bits per heavy atom. The van der Waals surface area contributed by atoms with Crippen LogP contribution in [-0.4, -0.2) is 50.7 Å². The van der Waals surface area contributed by atoms with E-state index in [0.717, 1.165) is 31.6 Å². The molecule has 0 aliphatic carbocycles. The molecule has 1 aliphatic rings. The van der Waals surface area contributed by atoms with Crippen LogP contribution in [0.3, 0.4) is 0 Å². The molecule has 20 heavy (non-hydrogen) atoms. The SMILES string of the molecule is O=C(COc1cccc(-n2cnnn2)c1)N1CCCC1. The van der Waals surface area contributed by atoms with Gasteiger partial charge in [-0.3, -0.25) is 4.79 Å². The van der Waals surface area contributed by atoms with E-state index in [1.54, 1.807) is 6.07 Å². The first-order valence-electron chi connectivity index (χ1n) is 6.57. The monoisotopic (exact) mass is 273 g/mol. The molecule has 0 radical (unpaired) electrons. The predicted molar refractivity (Wildman–Crippen MR) is 70.5 cm³/mol. The van der Waals surface area contributed by atoms with Crippen molar-refractivity contribution in [2.45, 2.75) is 12.8 Å². The number of aromatic nitrogens is 4. The van der Waals surface area contributed by atoms with Crippen LogP contribution in [0, 0.1) is 0 Å². The van der Waals surface area contributed by atoms with Gasteiger partial charge in [-0.05, 0) is 35.4 Å². The van der Waals surface area contributed by atoms with E-state index in [0.29, 0.717) is 5.75 Å².